The van der Waals surface area contributed by atoms with Crippen LogP contribution < -0.4 is 21.7 Å². The Kier molecular flexibility index (Phi) is 8.73. The van der Waals surface area contributed by atoms with E-state index in [1.54, 1.807) is 23.2 Å². The molecular formula is C27H30F3N7O3. The molecule has 5 N–H and O–H groups in total. The molecule has 2 amide bonds. The number of ether oxygens (including phenoxy) is 1. The fourth-order valence-electron chi connectivity index (χ4n) is 4.21. The number of carbonyl (C=O) groups excluding carboxylic acids is 2. The van der Waals surface area contributed by atoms with Gasteiger partial charge in [0.15, 0.2) is 0 Å². The summed E-state index contributed by atoms with van der Waals surface area (Å²) in [7, 11) is 0. The van der Waals surface area contributed by atoms with Gasteiger partial charge in [0, 0.05) is 49.7 Å². The van der Waals surface area contributed by atoms with E-state index in [0.29, 0.717) is 49.6 Å². The van der Waals surface area contributed by atoms with Crippen molar-refractivity contribution in [2.75, 3.05) is 31.6 Å². The summed E-state index contributed by atoms with van der Waals surface area (Å²) in [5.41, 5.74) is 8.05. The zero-order valence-corrected chi connectivity index (χ0v) is 22.0. The van der Waals surface area contributed by atoms with Crippen molar-refractivity contribution in [3.63, 3.8) is 0 Å². The molecule has 2 aliphatic heterocycles. The molecule has 1 aromatic heterocycles. The number of amidine groups is 1. The molecule has 0 unspecified atom stereocenters. The minimum Gasteiger partial charge on any atom is -0.382 e. The van der Waals surface area contributed by atoms with E-state index in [1.807, 2.05) is 13.8 Å². The number of nitrogens with one attached hydrogen (secondary N) is 3. The van der Waals surface area contributed by atoms with Crippen LogP contribution in [0.15, 0.2) is 65.2 Å². The van der Waals surface area contributed by atoms with E-state index in [1.165, 1.54) is 12.1 Å². The molecule has 1 fully saturated rings. The fourth-order valence-corrected chi connectivity index (χ4v) is 4.21. The molecule has 0 aliphatic carbocycles. The predicted molar refractivity (Wildman–Crippen MR) is 144 cm³/mol. The van der Waals surface area contributed by atoms with Crippen LogP contribution in [0.3, 0.4) is 0 Å². The van der Waals surface area contributed by atoms with Crippen LogP contribution in [0.5, 0.6) is 0 Å². The number of rotatable bonds is 7. The van der Waals surface area contributed by atoms with Gasteiger partial charge in [-0.1, -0.05) is 19.1 Å². The summed E-state index contributed by atoms with van der Waals surface area (Å²) in [6.07, 6.45) is -1.81. The van der Waals surface area contributed by atoms with E-state index >= 15 is 0 Å². The Morgan fingerprint density at radius 3 is 2.62 bits per heavy atom. The average Bonchev–Trinajstić information content (AvgIpc) is 2.94. The summed E-state index contributed by atoms with van der Waals surface area (Å²) in [6.45, 7) is 5.44. The van der Waals surface area contributed by atoms with Gasteiger partial charge in [0.25, 0.3) is 5.91 Å². The monoisotopic (exact) mass is 557 g/mol. The van der Waals surface area contributed by atoms with E-state index < -0.39 is 17.6 Å². The van der Waals surface area contributed by atoms with Gasteiger partial charge >= 0.3 is 6.18 Å². The van der Waals surface area contributed by atoms with Gasteiger partial charge in [-0.05, 0) is 36.8 Å². The molecule has 0 saturated carbocycles. The van der Waals surface area contributed by atoms with Gasteiger partial charge in [-0.3, -0.25) is 9.59 Å². The summed E-state index contributed by atoms with van der Waals surface area (Å²) < 4.78 is 44.9. The zero-order chi connectivity index (χ0) is 28.9. The third-order valence-corrected chi connectivity index (χ3v) is 6.29. The highest BCUT2D eigenvalue weighted by atomic mass is 19.4. The first-order chi connectivity index (χ1) is 19.0. The molecule has 4 rings (SSSR count). The number of carbonyl (C=O) groups is 2. The number of morpholine rings is 1. The molecule has 2 aromatic rings. The summed E-state index contributed by atoms with van der Waals surface area (Å²) in [4.78, 5) is 34.7. The van der Waals surface area contributed by atoms with Crippen molar-refractivity contribution in [3.8, 4) is 0 Å². The highest BCUT2D eigenvalue weighted by Gasteiger charge is 2.31. The normalized spacial score (nSPS) is 18.7. The lowest BCUT2D eigenvalue weighted by Crippen LogP contribution is -2.48. The first-order valence-electron chi connectivity index (χ1n) is 12.6. The Morgan fingerprint density at radius 2 is 1.93 bits per heavy atom. The maximum Gasteiger partial charge on any atom is 0.416 e. The van der Waals surface area contributed by atoms with Crippen LogP contribution in [0, 0.1) is 0 Å². The van der Waals surface area contributed by atoms with E-state index in [4.69, 9.17) is 10.5 Å². The van der Waals surface area contributed by atoms with Gasteiger partial charge in [0.05, 0.1) is 24.0 Å². The van der Waals surface area contributed by atoms with Gasteiger partial charge in [0.2, 0.25) is 5.91 Å². The molecule has 1 atom stereocenters. The highest BCUT2D eigenvalue weighted by molar-refractivity contribution is 6.05. The van der Waals surface area contributed by atoms with Crippen LogP contribution >= 0.6 is 0 Å². The smallest absolute Gasteiger partial charge is 0.382 e. The lowest BCUT2D eigenvalue weighted by molar-refractivity contribution is -0.138. The van der Waals surface area contributed by atoms with Crippen molar-refractivity contribution >= 4 is 29.2 Å². The predicted octanol–water partition coefficient (Wildman–Crippen LogP) is 3.07. The standard InChI is InChI=1S/C27H30F3N7O3/c1-3-22(38)37-10-11-40-20(15-37)14-33-23(24-25(31)34-13-16(2)35-24)17-4-6-18(7-5-17)26(39)36-21-12-19(8-9-32-21)27(28,29)30/h4-9,12-13,20,33,35H,3,10-11,14-15H2,1-2H3,(H2,31,34)(H,32,36,39)/b24-23-/t20-/m0/s1. The molecular weight excluding hydrogens is 527 g/mol. The number of benzene rings is 1. The number of hydrogen-bond donors (Lipinski definition) is 4. The Bertz CT molecular complexity index is 1350. The minimum absolute atomic E-state index is 0.0622. The van der Waals surface area contributed by atoms with Crippen molar-refractivity contribution in [1.82, 2.24) is 20.5 Å². The molecule has 1 aromatic carbocycles. The van der Waals surface area contributed by atoms with E-state index in [9.17, 15) is 22.8 Å². The summed E-state index contributed by atoms with van der Waals surface area (Å²) in [5, 5.41) is 8.97. The molecule has 13 heteroatoms. The van der Waals surface area contributed by atoms with Gasteiger partial charge < -0.3 is 31.3 Å². The number of allylic oxidation sites excluding steroid dienone is 1. The molecule has 2 aliphatic rings. The number of alkyl halides is 3. The Labute approximate surface area is 229 Å². The maximum atomic E-state index is 13.0. The van der Waals surface area contributed by atoms with Crippen LogP contribution in [-0.2, 0) is 15.7 Å². The lowest BCUT2D eigenvalue weighted by Gasteiger charge is -2.33. The van der Waals surface area contributed by atoms with Crippen LogP contribution in [0.4, 0.5) is 19.0 Å². The van der Waals surface area contributed by atoms with Crippen molar-refractivity contribution in [2.24, 2.45) is 10.7 Å². The number of halogens is 3. The van der Waals surface area contributed by atoms with E-state index in [2.05, 4.69) is 25.9 Å². The second-order valence-corrected chi connectivity index (χ2v) is 9.23. The average molecular weight is 558 g/mol. The topological polar surface area (TPSA) is 134 Å². The second-order valence-electron chi connectivity index (χ2n) is 9.23. The van der Waals surface area contributed by atoms with E-state index in [0.717, 1.165) is 24.0 Å². The number of pyridine rings is 1. The number of hydrogen-bond acceptors (Lipinski definition) is 8. The van der Waals surface area contributed by atoms with Crippen LogP contribution in [-0.4, -0.2) is 59.9 Å². The van der Waals surface area contributed by atoms with Crippen LogP contribution in [0.25, 0.3) is 5.70 Å². The number of aliphatic imine (C=N–C) groups is 1. The molecule has 0 radical (unpaired) electrons. The maximum absolute atomic E-state index is 13.0. The number of nitrogens with zero attached hydrogens (tertiary/aromatic N) is 3. The number of amides is 2. The SMILES string of the molecule is CCC(=O)N1CCO[C@@H](CN/C(=C2\NC(C)=CN=C2N)c2ccc(C(=O)Nc3cc(C(F)(F)F)ccn3)cc2)C1. The third kappa shape index (κ3) is 6.97. The van der Waals surface area contributed by atoms with Gasteiger partial charge in [-0.2, -0.15) is 13.2 Å². The number of anilines is 1. The van der Waals surface area contributed by atoms with Crippen molar-refractivity contribution in [2.45, 2.75) is 32.5 Å². The Morgan fingerprint density at radius 1 is 1.20 bits per heavy atom. The van der Waals surface area contributed by atoms with Crippen molar-refractivity contribution in [1.29, 1.82) is 0 Å². The van der Waals surface area contributed by atoms with Crippen LogP contribution in [0.1, 0.15) is 41.8 Å². The van der Waals surface area contributed by atoms with E-state index in [-0.39, 0.29) is 29.2 Å². The van der Waals surface area contributed by atoms with Crippen LogP contribution in [0.2, 0.25) is 0 Å². The minimum atomic E-state index is -4.56. The van der Waals surface area contributed by atoms with Gasteiger partial charge in [0.1, 0.15) is 17.4 Å². The number of aromatic nitrogens is 1. The largest absolute Gasteiger partial charge is 0.416 e. The zero-order valence-electron chi connectivity index (χ0n) is 22.0. The molecule has 40 heavy (non-hydrogen) atoms. The fraction of sp³-hybridized carbons (Fsp3) is 0.333. The summed E-state index contributed by atoms with van der Waals surface area (Å²) in [5.74, 6) is -0.522. The first kappa shape index (κ1) is 28.6. The molecule has 3 heterocycles. The molecule has 0 bridgehead atoms. The van der Waals surface area contributed by atoms with Gasteiger partial charge in [-0.25, -0.2) is 9.98 Å². The molecule has 0 spiro atoms. The number of nitrogens with two attached hydrogens (primary N) is 1. The second kappa shape index (κ2) is 12.2. The first-order valence-corrected chi connectivity index (χ1v) is 12.6. The van der Waals surface area contributed by atoms with Crippen molar-refractivity contribution < 1.29 is 27.5 Å². The molecule has 1 saturated heterocycles. The molecule has 212 valence electrons. The van der Waals surface area contributed by atoms with Crippen molar-refractivity contribution in [3.05, 3.63) is 76.9 Å². The summed E-state index contributed by atoms with van der Waals surface area (Å²) in [6, 6.07) is 8.04. The Balaban J connectivity index is 1.53. The summed E-state index contributed by atoms with van der Waals surface area (Å²) >= 11 is 0. The van der Waals surface area contributed by atoms with Gasteiger partial charge in [-0.15, -0.1) is 0 Å². The molecule has 10 nitrogen and oxygen atoms in total. The quantitative estimate of drug-likeness (QED) is 0.411. The lowest BCUT2D eigenvalue weighted by atomic mass is 10.1. The third-order valence-electron chi connectivity index (χ3n) is 6.29. The Hall–Kier alpha value is -4.39. The highest BCUT2D eigenvalue weighted by Crippen LogP contribution is 2.30.